The van der Waals surface area contributed by atoms with E-state index >= 15 is 0 Å². The summed E-state index contributed by atoms with van der Waals surface area (Å²) in [6.45, 7) is 12.0. The number of hydrogen-bond donors (Lipinski definition) is 1. The molecule has 0 radical (unpaired) electrons. The Morgan fingerprint density at radius 3 is 2.38 bits per heavy atom. The molecule has 1 aliphatic rings. The van der Waals surface area contributed by atoms with Gasteiger partial charge in [0.2, 0.25) is 0 Å². The van der Waals surface area contributed by atoms with Gasteiger partial charge in [-0.25, -0.2) is 9.78 Å². The minimum Gasteiger partial charge on any atom is -0.444 e. The molecule has 1 saturated heterocycles. The fourth-order valence-corrected chi connectivity index (χ4v) is 3.91. The molecule has 3 aromatic rings. The first-order valence-corrected chi connectivity index (χ1v) is 11.5. The number of aryl methyl sites for hydroxylation is 2. The lowest BCUT2D eigenvalue weighted by molar-refractivity contribution is 0.0240. The van der Waals surface area contributed by atoms with Crippen LogP contribution >= 0.6 is 0 Å². The predicted octanol–water partition coefficient (Wildman–Crippen LogP) is 4.56. The van der Waals surface area contributed by atoms with E-state index in [1.54, 1.807) is 17.2 Å². The molecule has 0 bridgehead atoms. The Hall–Kier alpha value is -3.68. The van der Waals surface area contributed by atoms with Crippen LogP contribution in [0.25, 0.3) is 10.9 Å². The lowest BCUT2D eigenvalue weighted by Crippen LogP contribution is -2.50. The molecule has 0 saturated carbocycles. The number of pyridine rings is 2. The number of carbonyl (C=O) groups excluding carboxylic acids is 2. The largest absolute Gasteiger partial charge is 0.444 e. The highest BCUT2D eigenvalue weighted by Crippen LogP contribution is 2.21. The van der Waals surface area contributed by atoms with Crippen LogP contribution in [-0.2, 0) is 4.74 Å². The number of anilines is 2. The van der Waals surface area contributed by atoms with E-state index < -0.39 is 5.60 Å². The first-order valence-electron chi connectivity index (χ1n) is 11.5. The van der Waals surface area contributed by atoms with Crippen LogP contribution in [0.4, 0.5) is 16.3 Å². The van der Waals surface area contributed by atoms with Crippen LogP contribution in [0.2, 0.25) is 0 Å². The van der Waals surface area contributed by atoms with Crippen LogP contribution in [0.15, 0.2) is 42.6 Å². The lowest BCUT2D eigenvalue weighted by atomic mass is 10.1. The maximum absolute atomic E-state index is 12.9. The number of hydrogen-bond acceptors (Lipinski definition) is 6. The summed E-state index contributed by atoms with van der Waals surface area (Å²) < 4.78 is 5.46. The van der Waals surface area contributed by atoms with Gasteiger partial charge in [0.05, 0.1) is 28.7 Å². The third-order valence-electron chi connectivity index (χ3n) is 5.69. The van der Waals surface area contributed by atoms with Crippen LogP contribution in [0, 0.1) is 13.8 Å². The van der Waals surface area contributed by atoms with Gasteiger partial charge < -0.3 is 19.9 Å². The van der Waals surface area contributed by atoms with E-state index in [2.05, 4.69) is 20.2 Å². The number of rotatable bonds is 3. The average Bonchev–Trinajstić information content (AvgIpc) is 2.78. The van der Waals surface area contributed by atoms with Crippen molar-refractivity contribution in [1.29, 1.82) is 0 Å². The van der Waals surface area contributed by atoms with E-state index in [1.165, 1.54) is 0 Å². The van der Waals surface area contributed by atoms with Crippen molar-refractivity contribution < 1.29 is 14.3 Å². The maximum atomic E-state index is 12.9. The van der Waals surface area contributed by atoms with Crippen LogP contribution in [0.1, 0.15) is 42.4 Å². The molecule has 0 spiro atoms. The predicted molar refractivity (Wildman–Crippen MR) is 133 cm³/mol. The molecule has 1 aromatic carbocycles. The number of aromatic nitrogens is 2. The Morgan fingerprint density at radius 1 is 1.00 bits per heavy atom. The maximum Gasteiger partial charge on any atom is 0.410 e. The van der Waals surface area contributed by atoms with Crippen molar-refractivity contribution in [3.8, 4) is 0 Å². The zero-order valence-electron chi connectivity index (χ0n) is 20.4. The number of ether oxygens (including phenoxy) is 1. The minimum absolute atomic E-state index is 0.237. The first kappa shape index (κ1) is 23.5. The van der Waals surface area contributed by atoms with Gasteiger partial charge in [0.1, 0.15) is 11.4 Å². The zero-order chi connectivity index (χ0) is 24.5. The Balaban J connectivity index is 1.38. The molecule has 1 aliphatic heterocycles. The SMILES string of the molecule is Cc1ccc2cc(C(=O)Nc3ccc(N4CCN(C(=O)OC(C)(C)C)CC4)cn3)c(C)nc2c1. The molecular weight excluding hydrogens is 430 g/mol. The second-order valence-electron chi connectivity index (χ2n) is 9.63. The third-order valence-corrected chi connectivity index (χ3v) is 5.69. The van der Waals surface area contributed by atoms with Gasteiger partial charge in [-0.2, -0.15) is 0 Å². The first-order chi connectivity index (χ1) is 16.1. The van der Waals surface area contributed by atoms with Gasteiger partial charge in [0.25, 0.3) is 5.91 Å². The normalized spacial score (nSPS) is 14.3. The molecule has 3 heterocycles. The summed E-state index contributed by atoms with van der Waals surface area (Å²) in [4.78, 5) is 38.0. The summed E-state index contributed by atoms with van der Waals surface area (Å²) in [6.07, 6.45) is 1.46. The van der Waals surface area contributed by atoms with Crippen LogP contribution in [-0.4, -0.2) is 58.6 Å². The molecular formula is C26H31N5O3. The number of nitrogens with zero attached hydrogens (tertiary/aromatic N) is 4. The zero-order valence-corrected chi connectivity index (χ0v) is 20.4. The van der Waals surface area contributed by atoms with Crippen LogP contribution in [0.5, 0.6) is 0 Å². The molecule has 8 heteroatoms. The second kappa shape index (κ2) is 9.29. The van der Waals surface area contributed by atoms with Crippen molar-refractivity contribution >= 4 is 34.4 Å². The van der Waals surface area contributed by atoms with Gasteiger partial charge in [0, 0.05) is 31.6 Å². The summed E-state index contributed by atoms with van der Waals surface area (Å²) >= 11 is 0. The molecule has 2 amide bonds. The molecule has 34 heavy (non-hydrogen) atoms. The third kappa shape index (κ3) is 5.44. The Kier molecular flexibility index (Phi) is 6.41. The summed E-state index contributed by atoms with van der Waals surface area (Å²) in [5, 5.41) is 3.80. The van der Waals surface area contributed by atoms with E-state index in [9.17, 15) is 9.59 Å². The van der Waals surface area contributed by atoms with E-state index in [-0.39, 0.29) is 12.0 Å². The van der Waals surface area contributed by atoms with E-state index in [1.807, 2.05) is 65.0 Å². The smallest absolute Gasteiger partial charge is 0.410 e. The molecule has 0 unspecified atom stereocenters. The van der Waals surface area contributed by atoms with Crippen LogP contribution < -0.4 is 10.2 Å². The molecule has 2 aromatic heterocycles. The molecule has 8 nitrogen and oxygen atoms in total. The van der Waals surface area contributed by atoms with E-state index in [0.29, 0.717) is 43.3 Å². The number of carbonyl (C=O) groups is 2. The minimum atomic E-state index is -0.501. The van der Waals surface area contributed by atoms with E-state index in [4.69, 9.17) is 4.74 Å². The van der Waals surface area contributed by atoms with Crippen molar-refractivity contribution in [3.63, 3.8) is 0 Å². The Morgan fingerprint density at radius 2 is 1.74 bits per heavy atom. The number of piperazine rings is 1. The monoisotopic (exact) mass is 461 g/mol. The summed E-state index contributed by atoms with van der Waals surface area (Å²) in [5.41, 5.74) is 3.66. The summed E-state index contributed by atoms with van der Waals surface area (Å²) in [6, 6.07) is 11.6. The van der Waals surface area contributed by atoms with Crippen molar-refractivity contribution in [1.82, 2.24) is 14.9 Å². The molecule has 1 fully saturated rings. The molecule has 0 aliphatic carbocycles. The molecule has 0 atom stereocenters. The lowest BCUT2D eigenvalue weighted by Gasteiger charge is -2.36. The fourth-order valence-electron chi connectivity index (χ4n) is 3.91. The van der Waals surface area contributed by atoms with Crippen molar-refractivity contribution in [3.05, 3.63) is 59.4 Å². The highest BCUT2D eigenvalue weighted by molar-refractivity contribution is 6.06. The highest BCUT2D eigenvalue weighted by Gasteiger charge is 2.26. The summed E-state index contributed by atoms with van der Waals surface area (Å²) in [7, 11) is 0. The van der Waals surface area contributed by atoms with E-state index in [0.717, 1.165) is 22.2 Å². The Bertz CT molecular complexity index is 1210. The second-order valence-corrected chi connectivity index (χ2v) is 9.63. The fraction of sp³-hybridized carbons (Fsp3) is 0.385. The standard InChI is InChI=1S/C26H31N5O3/c1-17-6-7-19-15-21(18(2)28-22(19)14-17)24(32)29-23-9-8-20(16-27-23)30-10-12-31(13-11-30)25(33)34-26(3,4)5/h6-9,14-16H,10-13H2,1-5H3,(H,27,29,32). The van der Waals surface area contributed by atoms with Gasteiger partial charge in [-0.3, -0.25) is 9.78 Å². The number of benzene rings is 1. The molecule has 1 N–H and O–H groups in total. The van der Waals surface area contributed by atoms with Gasteiger partial charge in [-0.1, -0.05) is 12.1 Å². The molecule has 178 valence electrons. The van der Waals surface area contributed by atoms with Crippen LogP contribution in [0.3, 0.4) is 0 Å². The van der Waals surface area contributed by atoms with Crippen molar-refractivity contribution in [2.45, 2.75) is 40.2 Å². The van der Waals surface area contributed by atoms with Gasteiger partial charge in [-0.15, -0.1) is 0 Å². The Labute approximate surface area is 199 Å². The average molecular weight is 462 g/mol. The highest BCUT2D eigenvalue weighted by atomic mass is 16.6. The number of amides is 2. The molecule has 4 rings (SSSR count). The summed E-state index contributed by atoms with van der Waals surface area (Å²) in [5.74, 6) is 0.239. The number of nitrogens with one attached hydrogen (secondary N) is 1. The van der Waals surface area contributed by atoms with Crippen molar-refractivity contribution in [2.24, 2.45) is 0 Å². The topological polar surface area (TPSA) is 87.7 Å². The quantitative estimate of drug-likeness (QED) is 0.615. The van der Waals surface area contributed by atoms with Crippen molar-refractivity contribution in [2.75, 3.05) is 36.4 Å². The van der Waals surface area contributed by atoms with Gasteiger partial charge >= 0.3 is 6.09 Å². The number of fused-ring (bicyclic) bond motifs is 1. The van der Waals surface area contributed by atoms with Gasteiger partial charge in [0.15, 0.2) is 0 Å². The van der Waals surface area contributed by atoms with Gasteiger partial charge in [-0.05, 0) is 64.4 Å².